The van der Waals surface area contributed by atoms with Crippen LogP contribution in [-0.2, 0) is 4.79 Å². The van der Waals surface area contributed by atoms with Gasteiger partial charge in [0.05, 0.1) is 0 Å². The van der Waals surface area contributed by atoms with Gasteiger partial charge < -0.3 is 15.5 Å². The van der Waals surface area contributed by atoms with Gasteiger partial charge >= 0.3 is 0 Å². The molecule has 94 valence electrons. The first-order chi connectivity index (χ1) is 7.91. The Kier molecular flexibility index (Phi) is 5.32. The van der Waals surface area contributed by atoms with Gasteiger partial charge in [0.15, 0.2) is 0 Å². The van der Waals surface area contributed by atoms with Crippen molar-refractivity contribution in [1.29, 1.82) is 0 Å². The third-order valence-corrected chi connectivity index (χ3v) is 2.83. The van der Waals surface area contributed by atoms with Crippen LogP contribution in [0.15, 0.2) is 16.7 Å². The van der Waals surface area contributed by atoms with Gasteiger partial charge in [0.2, 0.25) is 5.91 Å². The Bertz CT molecular complexity index is 417. The lowest BCUT2D eigenvalue weighted by Crippen LogP contribution is -2.34. The van der Waals surface area contributed by atoms with E-state index in [1.54, 1.807) is 6.07 Å². The molecular weight excluding hydrogens is 311 g/mol. The van der Waals surface area contributed by atoms with Gasteiger partial charge in [0, 0.05) is 29.7 Å². The number of aliphatic hydroxyl groups is 2. The number of amides is 1. The van der Waals surface area contributed by atoms with Crippen molar-refractivity contribution in [2.45, 2.75) is 19.1 Å². The van der Waals surface area contributed by atoms with Crippen molar-refractivity contribution >= 4 is 33.4 Å². The zero-order valence-electron chi connectivity index (χ0n) is 9.02. The number of nitrogens with one attached hydrogen (secondary N) is 1. The fourth-order valence-corrected chi connectivity index (χ4v) is 1.78. The normalized spacial score (nSPS) is 14.2. The van der Waals surface area contributed by atoms with Crippen molar-refractivity contribution in [3.63, 3.8) is 0 Å². The van der Waals surface area contributed by atoms with Crippen LogP contribution < -0.4 is 5.32 Å². The fourth-order valence-electron chi connectivity index (χ4n) is 1.21. The van der Waals surface area contributed by atoms with Crippen molar-refractivity contribution in [1.82, 2.24) is 10.3 Å². The molecule has 0 spiro atoms. The maximum Gasteiger partial charge on any atom is 0.216 e. The van der Waals surface area contributed by atoms with Gasteiger partial charge in [0.1, 0.15) is 17.4 Å². The van der Waals surface area contributed by atoms with E-state index < -0.39 is 12.2 Å². The Morgan fingerprint density at radius 3 is 2.88 bits per heavy atom. The minimum absolute atomic E-state index is 0.0562. The van der Waals surface area contributed by atoms with E-state index in [9.17, 15) is 15.0 Å². The quantitative estimate of drug-likeness (QED) is 0.723. The SMILES string of the molecule is CC(=O)NCC(O)C(O)c1cc(Br)cnc1Cl. The Balaban J connectivity index is 2.77. The molecule has 0 aliphatic heterocycles. The number of rotatable bonds is 4. The molecule has 0 aliphatic rings. The highest BCUT2D eigenvalue weighted by Gasteiger charge is 2.21. The first-order valence-corrected chi connectivity index (χ1v) is 6.00. The van der Waals surface area contributed by atoms with Crippen LogP contribution in [0.3, 0.4) is 0 Å². The van der Waals surface area contributed by atoms with Crippen LogP contribution in [-0.4, -0.2) is 33.8 Å². The molecule has 0 radical (unpaired) electrons. The average molecular weight is 324 g/mol. The first kappa shape index (κ1) is 14.4. The van der Waals surface area contributed by atoms with Gasteiger partial charge in [-0.1, -0.05) is 11.6 Å². The number of hydrogen-bond acceptors (Lipinski definition) is 4. The second kappa shape index (κ2) is 6.30. The van der Waals surface area contributed by atoms with E-state index in [4.69, 9.17) is 11.6 Å². The summed E-state index contributed by atoms with van der Waals surface area (Å²) in [7, 11) is 0. The number of pyridine rings is 1. The maximum atomic E-state index is 10.7. The lowest BCUT2D eigenvalue weighted by molar-refractivity contribution is -0.119. The van der Waals surface area contributed by atoms with Crippen LogP contribution in [0.4, 0.5) is 0 Å². The summed E-state index contributed by atoms with van der Waals surface area (Å²) in [5, 5.41) is 22.0. The molecule has 1 amide bonds. The summed E-state index contributed by atoms with van der Waals surface area (Å²) in [6.07, 6.45) is -0.870. The van der Waals surface area contributed by atoms with Gasteiger partial charge in [-0.3, -0.25) is 4.79 Å². The summed E-state index contributed by atoms with van der Waals surface area (Å²) in [6, 6.07) is 1.57. The second-order valence-corrected chi connectivity index (χ2v) is 4.76. The number of hydrogen-bond donors (Lipinski definition) is 3. The van der Waals surface area contributed by atoms with E-state index in [2.05, 4.69) is 26.2 Å². The van der Waals surface area contributed by atoms with E-state index in [-0.39, 0.29) is 17.6 Å². The third-order valence-electron chi connectivity index (χ3n) is 2.08. The van der Waals surface area contributed by atoms with Crippen LogP contribution in [0.1, 0.15) is 18.6 Å². The van der Waals surface area contributed by atoms with E-state index in [1.165, 1.54) is 13.1 Å². The summed E-state index contributed by atoms with van der Waals surface area (Å²) >= 11 is 9.00. The number of halogens is 2. The Morgan fingerprint density at radius 2 is 2.29 bits per heavy atom. The topological polar surface area (TPSA) is 82.5 Å². The Labute approximate surface area is 112 Å². The molecule has 0 saturated heterocycles. The number of carbonyl (C=O) groups is 1. The molecule has 3 N–H and O–H groups in total. The zero-order valence-corrected chi connectivity index (χ0v) is 11.4. The van der Waals surface area contributed by atoms with Crippen LogP contribution in [0.2, 0.25) is 5.15 Å². The van der Waals surface area contributed by atoms with Crippen molar-refractivity contribution in [2.75, 3.05) is 6.54 Å². The summed E-state index contributed by atoms with van der Waals surface area (Å²) < 4.78 is 0.641. The number of aliphatic hydroxyl groups excluding tert-OH is 2. The van der Waals surface area contributed by atoms with Crippen molar-refractivity contribution < 1.29 is 15.0 Å². The minimum Gasteiger partial charge on any atom is -0.388 e. The molecule has 0 aromatic carbocycles. The molecule has 0 fully saturated rings. The van der Waals surface area contributed by atoms with Crippen molar-refractivity contribution in [3.05, 3.63) is 27.5 Å². The number of carbonyl (C=O) groups excluding carboxylic acids is 1. The fraction of sp³-hybridized carbons (Fsp3) is 0.400. The van der Waals surface area contributed by atoms with Gasteiger partial charge in [-0.15, -0.1) is 0 Å². The maximum absolute atomic E-state index is 10.7. The lowest BCUT2D eigenvalue weighted by atomic mass is 10.1. The van der Waals surface area contributed by atoms with Crippen LogP contribution in [0, 0.1) is 0 Å². The van der Waals surface area contributed by atoms with E-state index in [0.29, 0.717) is 10.0 Å². The molecule has 2 atom stereocenters. The first-order valence-electron chi connectivity index (χ1n) is 4.83. The van der Waals surface area contributed by atoms with Crippen LogP contribution in [0.5, 0.6) is 0 Å². The largest absolute Gasteiger partial charge is 0.388 e. The summed E-state index contributed by atoms with van der Waals surface area (Å²) in [5.74, 6) is -0.283. The predicted molar refractivity (Wildman–Crippen MR) is 66.6 cm³/mol. The smallest absolute Gasteiger partial charge is 0.216 e. The summed E-state index contributed by atoms with van der Waals surface area (Å²) in [5.41, 5.74) is 0.305. The lowest BCUT2D eigenvalue weighted by Gasteiger charge is -2.19. The summed E-state index contributed by atoms with van der Waals surface area (Å²) in [4.78, 5) is 14.5. The standard InChI is InChI=1S/C10H12BrClN2O3/c1-5(15)13-4-8(16)9(17)7-2-6(11)3-14-10(7)12/h2-3,8-9,16-17H,4H2,1H3,(H,13,15). The van der Waals surface area contributed by atoms with Gasteiger partial charge in [-0.2, -0.15) is 0 Å². The average Bonchev–Trinajstić information content (AvgIpc) is 2.28. The van der Waals surface area contributed by atoms with Gasteiger partial charge in [0.25, 0.3) is 0 Å². The molecule has 0 saturated carbocycles. The second-order valence-electron chi connectivity index (χ2n) is 3.48. The highest BCUT2D eigenvalue weighted by atomic mass is 79.9. The highest BCUT2D eigenvalue weighted by Crippen LogP contribution is 2.26. The summed E-state index contributed by atoms with van der Waals surface area (Å²) in [6.45, 7) is 1.27. The molecule has 1 rings (SSSR count). The Morgan fingerprint density at radius 1 is 1.65 bits per heavy atom. The highest BCUT2D eigenvalue weighted by molar-refractivity contribution is 9.10. The molecular formula is C10H12BrClN2O3. The van der Waals surface area contributed by atoms with Crippen molar-refractivity contribution in [3.8, 4) is 0 Å². The van der Waals surface area contributed by atoms with Gasteiger partial charge in [-0.05, 0) is 22.0 Å². The third kappa shape index (κ3) is 4.23. The van der Waals surface area contributed by atoms with E-state index in [1.807, 2.05) is 0 Å². The number of nitrogens with zero attached hydrogens (tertiary/aromatic N) is 1. The number of aromatic nitrogens is 1. The molecule has 1 heterocycles. The molecule has 1 aromatic heterocycles. The molecule has 2 unspecified atom stereocenters. The molecule has 17 heavy (non-hydrogen) atoms. The molecule has 7 heteroatoms. The van der Waals surface area contributed by atoms with Crippen molar-refractivity contribution in [2.24, 2.45) is 0 Å². The Hall–Kier alpha value is -0.690. The predicted octanol–water partition coefficient (Wildman–Crippen LogP) is 1.03. The molecule has 5 nitrogen and oxygen atoms in total. The molecule has 0 aliphatic carbocycles. The molecule has 1 aromatic rings. The minimum atomic E-state index is -1.21. The van der Waals surface area contributed by atoms with E-state index in [0.717, 1.165) is 0 Å². The monoisotopic (exact) mass is 322 g/mol. The van der Waals surface area contributed by atoms with Gasteiger partial charge in [-0.25, -0.2) is 4.98 Å². The van der Waals surface area contributed by atoms with Crippen LogP contribution >= 0.6 is 27.5 Å². The molecule has 0 bridgehead atoms. The van der Waals surface area contributed by atoms with Crippen LogP contribution in [0.25, 0.3) is 0 Å². The zero-order chi connectivity index (χ0) is 13.0. The van der Waals surface area contributed by atoms with E-state index >= 15 is 0 Å².